The summed E-state index contributed by atoms with van der Waals surface area (Å²) in [5, 5.41) is 1.14. The van der Waals surface area contributed by atoms with Crippen LogP contribution in [0.25, 0.3) is 10.9 Å². The lowest BCUT2D eigenvalue weighted by molar-refractivity contribution is 0.156. The first-order valence-corrected chi connectivity index (χ1v) is 6.91. The normalized spacial score (nSPS) is 18.9. The van der Waals surface area contributed by atoms with Gasteiger partial charge in [-0.15, -0.1) is 0 Å². The average molecular weight is 272 g/mol. The van der Waals surface area contributed by atoms with E-state index in [1.165, 1.54) is 0 Å². The number of hydrazine groups is 1. The highest BCUT2D eigenvalue weighted by atomic mass is 16.5. The number of benzene rings is 1. The molecule has 1 aliphatic heterocycles. The second kappa shape index (κ2) is 5.75. The van der Waals surface area contributed by atoms with Crippen molar-refractivity contribution in [2.75, 3.05) is 25.7 Å². The van der Waals surface area contributed by atoms with E-state index in [1.807, 2.05) is 18.2 Å². The number of ether oxygens (including phenoxy) is 1. The molecule has 1 aliphatic rings. The first kappa shape index (κ1) is 13.3. The number of fused-ring (bicyclic) bond motifs is 1. The molecule has 1 atom stereocenters. The molecular formula is C15H20N4O. The van der Waals surface area contributed by atoms with E-state index >= 15 is 0 Å². The highest BCUT2D eigenvalue weighted by molar-refractivity contribution is 5.81. The smallest absolute Gasteiger partial charge is 0.145 e. The molecule has 0 spiro atoms. The van der Waals surface area contributed by atoms with E-state index in [4.69, 9.17) is 10.6 Å². The van der Waals surface area contributed by atoms with Gasteiger partial charge in [-0.25, -0.2) is 10.8 Å². The topological polar surface area (TPSA) is 63.4 Å². The highest BCUT2D eigenvalue weighted by Gasteiger charge is 2.21. The first-order chi connectivity index (χ1) is 9.78. The van der Waals surface area contributed by atoms with Gasteiger partial charge >= 0.3 is 0 Å². The molecule has 3 rings (SSSR count). The molecule has 1 fully saturated rings. The van der Waals surface area contributed by atoms with Crippen molar-refractivity contribution < 1.29 is 4.74 Å². The van der Waals surface area contributed by atoms with Gasteiger partial charge in [0.1, 0.15) is 5.82 Å². The Morgan fingerprint density at radius 3 is 3.05 bits per heavy atom. The molecule has 3 N–H and O–H groups in total. The van der Waals surface area contributed by atoms with E-state index < -0.39 is 0 Å². The summed E-state index contributed by atoms with van der Waals surface area (Å²) < 4.78 is 5.45. The Hall–Kier alpha value is -1.69. The Kier molecular flexibility index (Phi) is 3.82. The molecule has 0 aliphatic carbocycles. The average Bonchev–Trinajstić information content (AvgIpc) is 3.01. The highest BCUT2D eigenvalue weighted by Crippen LogP contribution is 2.22. The molecule has 1 aromatic carbocycles. The standard InChI is InChI=1S/C15H20N4O/c1-19(13-6-7-20-10-13)9-12-8-11-4-2-3-5-14(11)17-15(12)18-16/h2-5,8,13H,6-7,9-10,16H2,1H3,(H,17,18). The van der Waals surface area contributed by atoms with Gasteiger partial charge in [0.2, 0.25) is 0 Å². The molecule has 2 heterocycles. The van der Waals surface area contributed by atoms with Crippen molar-refractivity contribution in [3.63, 3.8) is 0 Å². The number of pyridine rings is 1. The van der Waals surface area contributed by atoms with Crippen molar-refractivity contribution in [1.82, 2.24) is 9.88 Å². The SMILES string of the molecule is CN(Cc1cc2ccccc2nc1NN)C1CCOC1. The predicted molar refractivity (Wildman–Crippen MR) is 80.2 cm³/mol. The van der Waals surface area contributed by atoms with E-state index in [9.17, 15) is 0 Å². The number of para-hydroxylation sites is 1. The third-order valence-corrected chi connectivity index (χ3v) is 3.89. The molecule has 5 nitrogen and oxygen atoms in total. The van der Waals surface area contributed by atoms with E-state index in [1.54, 1.807) is 0 Å². The fraction of sp³-hybridized carbons (Fsp3) is 0.400. The summed E-state index contributed by atoms with van der Waals surface area (Å²) in [4.78, 5) is 6.88. The lowest BCUT2D eigenvalue weighted by Crippen LogP contribution is -2.31. The van der Waals surface area contributed by atoms with E-state index in [2.05, 4.69) is 34.5 Å². The molecule has 5 heteroatoms. The summed E-state index contributed by atoms with van der Waals surface area (Å²) >= 11 is 0. The maximum absolute atomic E-state index is 5.62. The molecule has 0 amide bonds. The Labute approximate surface area is 118 Å². The van der Waals surface area contributed by atoms with Crippen molar-refractivity contribution in [3.05, 3.63) is 35.9 Å². The number of nitrogens with one attached hydrogen (secondary N) is 1. The zero-order valence-electron chi connectivity index (χ0n) is 11.7. The minimum Gasteiger partial charge on any atom is -0.380 e. The van der Waals surface area contributed by atoms with Gasteiger partial charge in [0.15, 0.2) is 0 Å². The van der Waals surface area contributed by atoms with Crippen molar-refractivity contribution >= 4 is 16.7 Å². The summed E-state index contributed by atoms with van der Waals surface area (Å²) in [6.07, 6.45) is 1.09. The number of likely N-dealkylation sites (N-methyl/N-ethyl adjacent to an activating group) is 1. The number of aromatic nitrogens is 1. The fourth-order valence-electron chi connectivity index (χ4n) is 2.67. The van der Waals surface area contributed by atoms with Crippen LogP contribution >= 0.6 is 0 Å². The van der Waals surface area contributed by atoms with Gasteiger partial charge < -0.3 is 10.2 Å². The number of rotatable bonds is 4. The molecule has 106 valence electrons. The van der Waals surface area contributed by atoms with E-state index in [-0.39, 0.29) is 0 Å². The van der Waals surface area contributed by atoms with Crippen LogP contribution in [-0.2, 0) is 11.3 Å². The Morgan fingerprint density at radius 2 is 2.30 bits per heavy atom. The molecule has 2 aromatic rings. The number of nitrogens with two attached hydrogens (primary N) is 1. The van der Waals surface area contributed by atoms with Crippen molar-refractivity contribution in [2.45, 2.75) is 19.0 Å². The number of nitrogens with zero attached hydrogens (tertiary/aromatic N) is 2. The van der Waals surface area contributed by atoms with Gasteiger partial charge in [-0.3, -0.25) is 4.90 Å². The fourth-order valence-corrected chi connectivity index (χ4v) is 2.67. The van der Waals surface area contributed by atoms with Crippen molar-refractivity contribution in [2.24, 2.45) is 5.84 Å². The van der Waals surface area contributed by atoms with Gasteiger partial charge in [0.25, 0.3) is 0 Å². The second-order valence-corrected chi connectivity index (χ2v) is 5.27. The van der Waals surface area contributed by atoms with Crippen LogP contribution in [-0.4, -0.2) is 36.2 Å². The third kappa shape index (κ3) is 2.60. The van der Waals surface area contributed by atoms with Crippen molar-refractivity contribution in [1.29, 1.82) is 0 Å². The van der Waals surface area contributed by atoms with Crippen LogP contribution < -0.4 is 11.3 Å². The Morgan fingerprint density at radius 1 is 1.45 bits per heavy atom. The maximum Gasteiger partial charge on any atom is 0.145 e. The molecule has 20 heavy (non-hydrogen) atoms. The monoisotopic (exact) mass is 272 g/mol. The van der Waals surface area contributed by atoms with Gasteiger partial charge in [-0.1, -0.05) is 18.2 Å². The number of hydrogen-bond acceptors (Lipinski definition) is 5. The summed E-state index contributed by atoms with van der Waals surface area (Å²) in [7, 11) is 2.12. The van der Waals surface area contributed by atoms with Crippen LogP contribution in [0.5, 0.6) is 0 Å². The molecule has 1 aromatic heterocycles. The largest absolute Gasteiger partial charge is 0.380 e. The molecule has 0 saturated carbocycles. The van der Waals surface area contributed by atoms with Crippen LogP contribution in [0.2, 0.25) is 0 Å². The lowest BCUT2D eigenvalue weighted by Gasteiger charge is -2.23. The first-order valence-electron chi connectivity index (χ1n) is 6.91. The van der Waals surface area contributed by atoms with Crippen LogP contribution in [0.3, 0.4) is 0 Å². The number of anilines is 1. The number of nitrogen functional groups attached to an aromatic ring is 1. The molecular weight excluding hydrogens is 252 g/mol. The predicted octanol–water partition coefficient (Wildman–Crippen LogP) is 1.74. The summed E-state index contributed by atoms with van der Waals surface area (Å²) in [6, 6.07) is 10.7. The minimum absolute atomic E-state index is 0.479. The summed E-state index contributed by atoms with van der Waals surface area (Å²) in [6.45, 7) is 2.47. The quantitative estimate of drug-likeness (QED) is 0.655. The van der Waals surface area contributed by atoms with Gasteiger partial charge in [-0.05, 0) is 25.6 Å². The summed E-state index contributed by atoms with van der Waals surface area (Å²) in [5.74, 6) is 6.36. The summed E-state index contributed by atoms with van der Waals surface area (Å²) in [5.41, 5.74) is 4.78. The Balaban J connectivity index is 1.88. The van der Waals surface area contributed by atoms with Crippen molar-refractivity contribution in [3.8, 4) is 0 Å². The molecule has 0 radical (unpaired) electrons. The molecule has 1 unspecified atom stereocenters. The van der Waals surface area contributed by atoms with Gasteiger partial charge in [0.05, 0.1) is 12.1 Å². The van der Waals surface area contributed by atoms with Gasteiger partial charge in [0, 0.05) is 30.1 Å². The van der Waals surface area contributed by atoms with Crippen LogP contribution in [0.4, 0.5) is 5.82 Å². The van der Waals surface area contributed by atoms with Gasteiger partial charge in [-0.2, -0.15) is 0 Å². The molecule has 1 saturated heterocycles. The third-order valence-electron chi connectivity index (χ3n) is 3.89. The van der Waals surface area contributed by atoms with E-state index in [0.717, 1.165) is 48.5 Å². The lowest BCUT2D eigenvalue weighted by atomic mass is 10.1. The van der Waals surface area contributed by atoms with Crippen LogP contribution in [0.15, 0.2) is 30.3 Å². The zero-order chi connectivity index (χ0) is 13.9. The van der Waals surface area contributed by atoms with Crippen LogP contribution in [0, 0.1) is 0 Å². The zero-order valence-corrected chi connectivity index (χ0v) is 11.7. The maximum atomic E-state index is 5.62. The van der Waals surface area contributed by atoms with E-state index in [0.29, 0.717) is 6.04 Å². The number of hydrogen-bond donors (Lipinski definition) is 2. The Bertz CT molecular complexity index is 595. The minimum atomic E-state index is 0.479. The molecule has 0 bridgehead atoms. The van der Waals surface area contributed by atoms with Crippen LogP contribution in [0.1, 0.15) is 12.0 Å². The second-order valence-electron chi connectivity index (χ2n) is 5.27.